The first-order chi connectivity index (χ1) is 10.6. The van der Waals surface area contributed by atoms with Crippen molar-refractivity contribution in [2.45, 2.75) is 60.1 Å². The molecule has 2 atom stereocenters. The lowest BCUT2D eigenvalue weighted by Crippen LogP contribution is -2.40. The minimum atomic E-state index is -0.471. The number of rotatable bonds is 7. The molecule has 0 spiro atoms. The third-order valence-corrected chi connectivity index (χ3v) is 3.72. The van der Waals surface area contributed by atoms with Crippen LogP contribution in [0, 0.1) is 18.8 Å². The van der Waals surface area contributed by atoms with Crippen molar-refractivity contribution >= 4 is 6.09 Å². The number of nitrogens with one attached hydrogen (secondary N) is 2. The average Bonchev–Trinajstić information content (AvgIpc) is 2.82. The molecule has 0 radical (unpaired) electrons. The van der Waals surface area contributed by atoms with Gasteiger partial charge in [0.1, 0.15) is 17.1 Å². The number of amides is 1. The molecule has 1 heterocycles. The Morgan fingerprint density at radius 2 is 1.87 bits per heavy atom. The lowest BCUT2D eigenvalue weighted by atomic mass is 9.95. The third kappa shape index (κ3) is 7.55. The highest BCUT2D eigenvalue weighted by atomic mass is 16.6. The van der Waals surface area contributed by atoms with E-state index in [0.717, 1.165) is 18.1 Å². The zero-order valence-corrected chi connectivity index (χ0v) is 15.5. The van der Waals surface area contributed by atoms with Gasteiger partial charge in [-0.05, 0) is 58.6 Å². The Morgan fingerprint density at radius 3 is 2.35 bits per heavy atom. The van der Waals surface area contributed by atoms with Crippen molar-refractivity contribution in [1.82, 2.24) is 10.6 Å². The molecule has 1 aromatic rings. The SMILES string of the molecule is Cc1ccc(C(C)NCC(CNC(=O)OC(C)(C)C)C(C)C)o1. The van der Waals surface area contributed by atoms with E-state index in [4.69, 9.17) is 9.15 Å². The summed E-state index contributed by atoms with van der Waals surface area (Å²) in [6, 6.07) is 4.11. The van der Waals surface area contributed by atoms with Crippen LogP contribution in [0.3, 0.4) is 0 Å². The van der Waals surface area contributed by atoms with Gasteiger partial charge >= 0.3 is 6.09 Å². The van der Waals surface area contributed by atoms with Crippen LogP contribution in [0.4, 0.5) is 4.79 Å². The average molecular weight is 324 g/mol. The van der Waals surface area contributed by atoms with E-state index in [0.29, 0.717) is 18.4 Å². The minimum absolute atomic E-state index is 0.145. The number of hydrogen-bond donors (Lipinski definition) is 2. The predicted octanol–water partition coefficient (Wildman–Crippen LogP) is 4.04. The van der Waals surface area contributed by atoms with Gasteiger partial charge in [0.2, 0.25) is 0 Å². The molecule has 1 amide bonds. The van der Waals surface area contributed by atoms with Gasteiger partial charge in [0.15, 0.2) is 0 Å². The highest BCUT2D eigenvalue weighted by Gasteiger charge is 2.20. The highest BCUT2D eigenvalue weighted by molar-refractivity contribution is 5.67. The second-order valence-electron chi connectivity index (χ2n) is 7.47. The van der Waals surface area contributed by atoms with E-state index in [-0.39, 0.29) is 12.1 Å². The van der Waals surface area contributed by atoms with Crippen molar-refractivity contribution < 1.29 is 13.9 Å². The van der Waals surface area contributed by atoms with Crippen LogP contribution in [0.25, 0.3) is 0 Å². The molecule has 0 aliphatic rings. The Bertz CT molecular complexity index is 489. The van der Waals surface area contributed by atoms with Gasteiger partial charge in [-0.25, -0.2) is 4.79 Å². The molecular weight excluding hydrogens is 292 g/mol. The predicted molar refractivity (Wildman–Crippen MR) is 92.4 cm³/mol. The molecule has 23 heavy (non-hydrogen) atoms. The molecule has 132 valence electrons. The number of furan rings is 1. The molecule has 0 fully saturated rings. The molecular formula is C18H32N2O3. The summed E-state index contributed by atoms with van der Waals surface area (Å²) in [5.74, 6) is 2.62. The fourth-order valence-corrected chi connectivity index (χ4v) is 2.19. The molecule has 0 aliphatic heterocycles. The van der Waals surface area contributed by atoms with E-state index in [1.807, 2.05) is 39.8 Å². The second kappa shape index (κ2) is 8.39. The summed E-state index contributed by atoms with van der Waals surface area (Å²) in [5.41, 5.74) is -0.471. The van der Waals surface area contributed by atoms with Gasteiger partial charge in [-0.2, -0.15) is 0 Å². The van der Waals surface area contributed by atoms with E-state index in [9.17, 15) is 4.79 Å². The zero-order chi connectivity index (χ0) is 17.6. The maximum absolute atomic E-state index is 11.8. The highest BCUT2D eigenvalue weighted by Crippen LogP contribution is 2.17. The Hall–Kier alpha value is -1.49. The fourth-order valence-electron chi connectivity index (χ4n) is 2.19. The number of hydrogen-bond acceptors (Lipinski definition) is 4. The maximum atomic E-state index is 11.8. The van der Waals surface area contributed by atoms with Gasteiger partial charge < -0.3 is 19.8 Å². The summed E-state index contributed by atoms with van der Waals surface area (Å²) in [6.07, 6.45) is -0.363. The van der Waals surface area contributed by atoms with Crippen molar-refractivity contribution in [2.75, 3.05) is 13.1 Å². The Labute approximate surface area is 140 Å². The Balaban J connectivity index is 2.44. The molecule has 5 nitrogen and oxygen atoms in total. The Kier molecular flexibility index (Phi) is 7.13. The summed E-state index contributed by atoms with van der Waals surface area (Å²) in [7, 11) is 0. The van der Waals surface area contributed by atoms with Gasteiger partial charge in [0.05, 0.1) is 6.04 Å². The van der Waals surface area contributed by atoms with Crippen LogP contribution in [0.15, 0.2) is 16.5 Å². The van der Waals surface area contributed by atoms with Crippen LogP contribution in [0.2, 0.25) is 0 Å². The quantitative estimate of drug-likeness (QED) is 0.794. The summed E-state index contributed by atoms with van der Waals surface area (Å²) in [6.45, 7) is 15.3. The van der Waals surface area contributed by atoms with E-state index in [1.165, 1.54) is 0 Å². The lowest BCUT2D eigenvalue weighted by Gasteiger charge is -2.25. The minimum Gasteiger partial charge on any atom is -0.465 e. The number of carbonyl (C=O) groups excluding carboxylic acids is 1. The first-order valence-corrected chi connectivity index (χ1v) is 8.35. The topological polar surface area (TPSA) is 63.5 Å². The molecule has 5 heteroatoms. The largest absolute Gasteiger partial charge is 0.465 e. The van der Waals surface area contributed by atoms with Crippen molar-refractivity contribution in [1.29, 1.82) is 0 Å². The van der Waals surface area contributed by atoms with E-state index in [2.05, 4.69) is 31.4 Å². The van der Waals surface area contributed by atoms with E-state index < -0.39 is 5.60 Å². The van der Waals surface area contributed by atoms with Gasteiger partial charge in [-0.3, -0.25) is 0 Å². The van der Waals surface area contributed by atoms with Crippen LogP contribution in [-0.2, 0) is 4.74 Å². The summed E-state index contributed by atoms with van der Waals surface area (Å²) >= 11 is 0. The van der Waals surface area contributed by atoms with Gasteiger partial charge in [0, 0.05) is 13.1 Å². The van der Waals surface area contributed by atoms with Crippen molar-refractivity contribution in [3.8, 4) is 0 Å². The standard InChI is InChI=1S/C18H32N2O3/c1-12(2)15(11-20-17(21)23-18(5,6)7)10-19-14(4)16-9-8-13(3)22-16/h8-9,12,14-15,19H,10-11H2,1-7H3,(H,20,21). The summed E-state index contributed by atoms with van der Waals surface area (Å²) < 4.78 is 10.9. The van der Waals surface area contributed by atoms with Gasteiger partial charge in [0.25, 0.3) is 0 Å². The molecule has 2 N–H and O–H groups in total. The van der Waals surface area contributed by atoms with Crippen molar-refractivity contribution in [3.63, 3.8) is 0 Å². The number of carbonyl (C=O) groups is 1. The van der Waals surface area contributed by atoms with Crippen LogP contribution >= 0.6 is 0 Å². The molecule has 0 saturated heterocycles. The van der Waals surface area contributed by atoms with Gasteiger partial charge in [-0.15, -0.1) is 0 Å². The normalized spacial score (nSPS) is 14.6. The lowest BCUT2D eigenvalue weighted by molar-refractivity contribution is 0.0514. The van der Waals surface area contributed by atoms with E-state index >= 15 is 0 Å². The molecule has 0 aromatic carbocycles. The van der Waals surface area contributed by atoms with Crippen LogP contribution < -0.4 is 10.6 Å². The Morgan fingerprint density at radius 1 is 1.22 bits per heavy atom. The number of aryl methyl sites for hydroxylation is 1. The number of alkyl carbamates (subject to hydrolysis) is 1. The van der Waals surface area contributed by atoms with Crippen LogP contribution in [0.1, 0.15) is 59.1 Å². The maximum Gasteiger partial charge on any atom is 0.407 e. The molecule has 0 aliphatic carbocycles. The first-order valence-electron chi connectivity index (χ1n) is 8.35. The van der Waals surface area contributed by atoms with Crippen LogP contribution in [-0.4, -0.2) is 24.8 Å². The fraction of sp³-hybridized carbons (Fsp3) is 0.722. The molecule has 2 unspecified atom stereocenters. The second-order valence-corrected chi connectivity index (χ2v) is 7.47. The first kappa shape index (κ1) is 19.6. The molecule has 1 rings (SSSR count). The van der Waals surface area contributed by atoms with Crippen LogP contribution in [0.5, 0.6) is 0 Å². The summed E-state index contributed by atoms with van der Waals surface area (Å²) in [4.78, 5) is 11.8. The number of ether oxygens (including phenoxy) is 1. The smallest absolute Gasteiger partial charge is 0.407 e. The molecule has 1 aromatic heterocycles. The zero-order valence-electron chi connectivity index (χ0n) is 15.5. The van der Waals surface area contributed by atoms with Gasteiger partial charge in [-0.1, -0.05) is 13.8 Å². The molecule has 0 bridgehead atoms. The monoisotopic (exact) mass is 324 g/mol. The van der Waals surface area contributed by atoms with E-state index in [1.54, 1.807) is 0 Å². The van der Waals surface area contributed by atoms with Crippen molar-refractivity contribution in [2.24, 2.45) is 11.8 Å². The van der Waals surface area contributed by atoms with Crippen molar-refractivity contribution in [3.05, 3.63) is 23.7 Å². The third-order valence-electron chi connectivity index (χ3n) is 3.72. The summed E-state index contributed by atoms with van der Waals surface area (Å²) in [5, 5.41) is 6.34. The molecule has 0 saturated carbocycles.